The molecule has 3 aromatic carbocycles. The maximum absolute atomic E-state index is 2.33. The Bertz CT molecular complexity index is 985. The summed E-state index contributed by atoms with van der Waals surface area (Å²) in [6.45, 7) is 5.65. The van der Waals surface area contributed by atoms with E-state index >= 15 is 0 Å². The molecule has 0 bridgehead atoms. The van der Waals surface area contributed by atoms with Crippen molar-refractivity contribution in [2.24, 2.45) is 0 Å². The van der Waals surface area contributed by atoms with E-state index in [4.69, 9.17) is 0 Å². The first-order chi connectivity index (χ1) is 18.3. The molecule has 0 aliphatic rings. The number of aromatic nitrogens is 1. The van der Waals surface area contributed by atoms with Crippen molar-refractivity contribution in [2.45, 2.75) is 78.1 Å². The van der Waals surface area contributed by atoms with Crippen LogP contribution in [0.4, 0.5) is 0 Å². The number of unbranched alkanes of at least 4 members (excludes halogenated alkanes) is 6. The van der Waals surface area contributed by atoms with Gasteiger partial charge in [0, 0.05) is 18.6 Å². The van der Waals surface area contributed by atoms with Crippen LogP contribution in [0.15, 0.2) is 122 Å². The van der Waals surface area contributed by atoms with Crippen LogP contribution in [-0.4, -0.2) is 6.15 Å². The fraction of sp³-hybridized carbons (Fsp3) is 0.343. The Morgan fingerprint density at radius 2 is 0.865 bits per heavy atom. The molecule has 4 rings (SSSR count). The minimum absolute atomic E-state index is 0.938. The van der Waals surface area contributed by atoms with Gasteiger partial charge in [-0.1, -0.05) is 156 Å². The zero-order valence-electron chi connectivity index (χ0n) is 23.1. The molecule has 0 aliphatic heterocycles. The summed E-state index contributed by atoms with van der Waals surface area (Å²) >= 11 is 0. The summed E-state index contributed by atoms with van der Waals surface area (Å²) in [7, 11) is 0. The Morgan fingerprint density at radius 3 is 1.32 bits per heavy atom. The lowest BCUT2D eigenvalue weighted by Crippen LogP contribution is -2.66. The van der Waals surface area contributed by atoms with Crippen LogP contribution in [0, 0.1) is 0 Å². The number of nitrogens with zero attached hydrogens (tertiary/aromatic N) is 1. The fourth-order valence-corrected chi connectivity index (χ4v) is 5.58. The van der Waals surface area contributed by atoms with E-state index in [2.05, 4.69) is 134 Å². The van der Waals surface area contributed by atoms with Gasteiger partial charge in [-0.05, 0) is 0 Å². The van der Waals surface area contributed by atoms with E-state index in [-0.39, 0.29) is 0 Å². The highest BCUT2D eigenvalue weighted by molar-refractivity contribution is 7.11. The molecule has 0 saturated carbocycles. The third-order valence-corrected chi connectivity index (χ3v) is 7.64. The Hall–Kier alpha value is -3.13. The molecular weight excluding hydrogens is 445 g/mol. The number of hydrogen-bond acceptors (Lipinski definition) is 0. The highest BCUT2D eigenvalue weighted by Crippen LogP contribution is 2.18. The van der Waals surface area contributed by atoms with Crippen molar-refractivity contribution in [1.29, 1.82) is 0 Å². The van der Waals surface area contributed by atoms with E-state index in [1.54, 1.807) is 0 Å². The van der Waals surface area contributed by atoms with Gasteiger partial charge in [0.25, 0.3) is 0 Å². The third-order valence-electron chi connectivity index (χ3n) is 7.64. The van der Waals surface area contributed by atoms with E-state index in [1.165, 1.54) is 74.1 Å². The molecule has 1 aromatic heterocycles. The zero-order chi connectivity index (χ0) is 26.0. The summed E-state index contributed by atoms with van der Waals surface area (Å²) in [4.78, 5) is 0. The lowest BCUT2D eigenvalue weighted by Gasteiger charge is -2.43. The first-order valence-corrected chi connectivity index (χ1v) is 14.6. The van der Waals surface area contributed by atoms with Crippen LogP contribution in [0.25, 0.3) is 0 Å². The van der Waals surface area contributed by atoms with E-state index < -0.39 is 6.15 Å². The number of aryl methyl sites for hydroxylation is 1. The van der Waals surface area contributed by atoms with Crippen molar-refractivity contribution in [2.75, 3.05) is 0 Å². The predicted molar refractivity (Wildman–Crippen MR) is 164 cm³/mol. The molecule has 0 unspecified atom stereocenters. The number of benzene rings is 3. The van der Waals surface area contributed by atoms with Crippen LogP contribution < -0.4 is 21.0 Å². The lowest BCUT2D eigenvalue weighted by molar-refractivity contribution is -0.697. The standard InChI is InChI=1S/C26H32B.C9H14N/c1-2-3-4-5-6-16-23-27(24-17-10-7-11-18-24,25-19-12-8-13-20-25)26-21-14-9-15-22-26;1-2-3-7-10-8-5-4-6-9-10/h7-15,17-22H,2-6,16,23H2,1H3;4-6,8-9H,2-3,7H2,1H3/q-1;+1. The molecule has 0 N–H and O–H groups in total. The molecule has 0 radical (unpaired) electrons. The van der Waals surface area contributed by atoms with E-state index in [9.17, 15) is 0 Å². The Balaban J connectivity index is 0.000000319. The zero-order valence-corrected chi connectivity index (χ0v) is 23.1. The summed E-state index contributed by atoms with van der Waals surface area (Å²) in [5, 5.41) is 0. The van der Waals surface area contributed by atoms with Crippen LogP contribution in [0.1, 0.15) is 65.2 Å². The van der Waals surface area contributed by atoms with Crippen molar-refractivity contribution in [3.8, 4) is 0 Å². The van der Waals surface area contributed by atoms with Crippen molar-refractivity contribution in [1.82, 2.24) is 0 Å². The largest absolute Gasteiger partial charge is 0.205 e. The van der Waals surface area contributed by atoms with Crippen LogP contribution in [-0.2, 0) is 6.54 Å². The molecule has 2 heteroatoms. The van der Waals surface area contributed by atoms with Crippen LogP contribution in [0.5, 0.6) is 0 Å². The Morgan fingerprint density at radius 1 is 0.459 bits per heavy atom. The summed E-state index contributed by atoms with van der Waals surface area (Å²) in [5.74, 6) is 0. The Labute approximate surface area is 226 Å². The van der Waals surface area contributed by atoms with Crippen molar-refractivity contribution >= 4 is 22.5 Å². The lowest BCUT2D eigenvalue weighted by atomic mass is 9.14. The molecule has 1 heterocycles. The van der Waals surface area contributed by atoms with Gasteiger partial charge in [0.1, 0.15) is 6.54 Å². The number of rotatable bonds is 13. The highest BCUT2D eigenvalue weighted by Gasteiger charge is 2.28. The fourth-order valence-electron chi connectivity index (χ4n) is 5.58. The van der Waals surface area contributed by atoms with Gasteiger partial charge in [0.2, 0.25) is 0 Å². The minimum Gasteiger partial charge on any atom is -0.205 e. The molecule has 0 amide bonds. The monoisotopic (exact) mass is 491 g/mol. The van der Waals surface area contributed by atoms with Crippen LogP contribution in [0.3, 0.4) is 0 Å². The maximum Gasteiger partial charge on any atom is 0.168 e. The summed E-state index contributed by atoms with van der Waals surface area (Å²) < 4.78 is 2.21. The van der Waals surface area contributed by atoms with Gasteiger partial charge in [-0.15, -0.1) is 0 Å². The first-order valence-electron chi connectivity index (χ1n) is 14.6. The van der Waals surface area contributed by atoms with Crippen molar-refractivity contribution < 1.29 is 4.57 Å². The van der Waals surface area contributed by atoms with Crippen LogP contribution in [0.2, 0.25) is 6.32 Å². The second-order valence-electron chi connectivity index (χ2n) is 10.3. The molecule has 0 aliphatic carbocycles. The van der Waals surface area contributed by atoms with Gasteiger partial charge >= 0.3 is 0 Å². The predicted octanol–water partition coefficient (Wildman–Crippen LogP) is 7.29. The molecule has 0 fully saturated rings. The van der Waals surface area contributed by atoms with Gasteiger partial charge in [-0.3, -0.25) is 0 Å². The number of pyridine rings is 1. The summed E-state index contributed by atoms with van der Waals surface area (Å²) in [6.07, 6.45) is 15.0. The molecule has 0 saturated heterocycles. The second-order valence-corrected chi connectivity index (χ2v) is 10.3. The van der Waals surface area contributed by atoms with E-state index in [1.807, 2.05) is 6.07 Å². The Kier molecular flexibility index (Phi) is 12.8. The smallest absolute Gasteiger partial charge is 0.168 e. The second kappa shape index (κ2) is 16.6. The normalized spacial score (nSPS) is 11.0. The number of hydrogen-bond donors (Lipinski definition) is 0. The minimum atomic E-state index is -0.938. The molecule has 37 heavy (non-hydrogen) atoms. The molecule has 194 valence electrons. The maximum atomic E-state index is 2.33. The SMILES string of the molecule is CCCCCCCC[B-](c1ccccc1)(c1ccccc1)c1ccccc1.CCCC[n+]1ccccc1. The van der Waals surface area contributed by atoms with Gasteiger partial charge in [-0.2, -0.15) is 22.7 Å². The molecule has 1 nitrogen and oxygen atoms in total. The molecule has 0 spiro atoms. The van der Waals surface area contributed by atoms with Gasteiger partial charge in [0.05, 0.1) is 6.15 Å². The molecule has 4 aromatic rings. The average Bonchev–Trinajstić information content (AvgIpc) is 2.98. The van der Waals surface area contributed by atoms with Crippen molar-refractivity contribution in [3.05, 3.63) is 122 Å². The van der Waals surface area contributed by atoms with Crippen molar-refractivity contribution in [3.63, 3.8) is 0 Å². The topological polar surface area (TPSA) is 3.88 Å². The highest BCUT2D eigenvalue weighted by atomic mass is 14.9. The van der Waals surface area contributed by atoms with Crippen LogP contribution >= 0.6 is 0 Å². The van der Waals surface area contributed by atoms with Gasteiger partial charge in [0.15, 0.2) is 12.4 Å². The first kappa shape index (κ1) is 28.4. The molecule has 0 atom stereocenters. The molecular formula is C35H46BN. The van der Waals surface area contributed by atoms with E-state index in [0.29, 0.717) is 0 Å². The average molecular weight is 492 g/mol. The van der Waals surface area contributed by atoms with Gasteiger partial charge in [-0.25, -0.2) is 4.57 Å². The third kappa shape index (κ3) is 8.74. The van der Waals surface area contributed by atoms with Gasteiger partial charge < -0.3 is 0 Å². The quantitative estimate of drug-likeness (QED) is 0.105. The summed E-state index contributed by atoms with van der Waals surface area (Å²) in [5.41, 5.74) is 4.38. The summed E-state index contributed by atoms with van der Waals surface area (Å²) in [6, 6.07) is 39.7. The van der Waals surface area contributed by atoms with E-state index in [0.717, 1.165) is 6.54 Å².